The van der Waals surface area contributed by atoms with Gasteiger partial charge >= 0.3 is 0 Å². The number of ether oxygens (including phenoxy) is 1. The number of benzene rings is 1. The fraction of sp³-hybridized carbons (Fsp3) is 0.500. The van der Waals surface area contributed by atoms with Crippen LogP contribution in [-0.2, 0) is 24.8 Å². The molecule has 1 saturated carbocycles. The summed E-state index contributed by atoms with van der Waals surface area (Å²) in [6, 6.07) is 7.10. The summed E-state index contributed by atoms with van der Waals surface area (Å²) in [5.41, 5.74) is 1.72. The van der Waals surface area contributed by atoms with Gasteiger partial charge in [0.15, 0.2) is 0 Å². The second kappa shape index (κ2) is 8.65. The van der Waals surface area contributed by atoms with Crippen molar-refractivity contribution in [3.63, 3.8) is 0 Å². The zero-order valence-electron chi connectivity index (χ0n) is 21.1. The lowest BCUT2D eigenvalue weighted by molar-refractivity contribution is 0.0281. The standard InChI is InChI=1S/C26H33N3O5S2/c1-25(2)17-26(18-34-25)12-9-19(10-13-26)23-16-29(24-11-14-27-15-22(23)24)36(32,33)21-7-5-20(6-8-21)35(30,31)28(3)4/h5-8,11,14-16,19H,9-10,12-13,17-18H2,1-4H3. The predicted molar refractivity (Wildman–Crippen MR) is 138 cm³/mol. The van der Waals surface area contributed by atoms with Gasteiger partial charge in [0, 0.05) is 38.1 Å². The summed E-state index contributed by atoms with van der Waals surface area (Å²) in [5.74, 6) is 0.245. The van der Waals surface area contributed by atoms with Gasteiger partial charge < -0.3 is 4.74 Å². The monoisotopic (exact) mass is 531 g/mol. The molecule has 1 spiro atoms. The Labute approximate surface area is 213 Å². The third kappa shape index (κ3) is 4.27. The lowest BCUT2D eigenvalue weighted by atomic mass is 9.67. The number of rotatable bonds is 5. The largest absolute Gasteiger partial charge is 0.375 e. The van der Waals surface area contributed by atoms with Gasteiger partial charge in [-0.3, -0.25) is 4.98 Å². The van der Waals surface area contributed by atoms with E-state index in [9.17, 15) is 16.8 Å². The van der Waals surface area contributed by atoms with E-state index < -0.39 is 20.0 Å². The van der Waals surface area contributed by atoms with Crippen molar-refractivity contribution in [2.45, 2.75) is 67.3 Å². The maximum Gasteiger partial charge on any atom is 0.268 e. The Morgan fingerprint density at radius 3 is 2.22 bits per heavy atom. The number of aromatic nitrogens is 2. The van der Waals surface area contributed by atoms with Crippen molar-refractivity contribution in [3.05, 3.63) is 54.5 Å². The smallest absolute Gasteiger partial charge is 0.268 e. The van der Waals surface area contributed by atoms with Gasteiger partial charge in [-0.15, -0.1) is 0 Å². The first-order chi connectivity index (χ1) is 16.8. The Kier molecular flexibility index (Phi) is 6.10. The van der Waals surface area contributed by atoms with Gasteiger partial charge in [0.1, 0.15) is 0 Å². The molecule has 2 aliphatic rings. The quantitative estimate of drug-likeness (QED) is 0.485. The number of nitrogens with zero attached hydrogens (tertiary/aromatic N) is 3. The summed E-state index contributed by atoms with van der Waals surface area (Å²) in [7, 11) is -4.71. The summed E-state index contributed by atoms with van der Waals surface area (Å²) in [4.78, 5) is 4.36. The molecule has 5 rings (SSSR count). The van der Waals surface area contributed by atoms with E-state index >= 15 is 0 Å². The SMILES string of the molecule is CN(C)S(=O)(=O)c1ccc(S(=O)(=O)n2cc(C3CCC4(CC3)COC(C)(C)C4)c3cnccc32)cc1. The summed E-state index contributed by atoms with van der Waals surface area (Å²) in [6.45, 7) is 5.10. The molecule has 1 aliphatic heterocycles. The first-order valence-electron chi connectivity index (χ1n) is 12.2. The maximum atomic E-state index is 13.7. The minimum atomic E-state index is -3.94. The molecule has 36 heavy (non-hydrogen) atoms. The first-order valence-corrected chi connectivity index (χ1v) is 15.1. The van der Waals surface area contributed by atoms with Crippen molar-refractivity contribution in [1.82, 2.24) is 13.3 Å². The van der Waals surface area contributed by atoms with Gasteiger partial charge in [0.05, 0.1) is 27.5 Å². The molecule has 8 nitrogen and oxygen atoms in total. The van der Waals surface area contributed by atoms with Crippen LogP contribution in [0.25, 0.3) is 10.9 Å². The van der Waals surface area contributed by atoms with E-state index in [0.29, 0.717) is 5.52 Å². The molecule has 1 aliphatic carbocycles. The normalized spacial score (nSPS) is 24.6. The fourth-order valence-electron chi connectivity index (χ4n) is 5.92. The number of hydrogen-bond donors (Lipinski definition) is 0. The molecule has 0 amide bonds. The summed E-state index contributed by atoms with van der Waals surface area (Å²) in [6.07, 6.45) is 10.2. The van der Waals surface area contributed by atoms with Crippen LogP contribution in [0.3, 0.4) is 0 Å². The van der Waals surface area contributed by atoms with E-state index in [1.165, 1.54) is 42.3 Å². The molecule has 194 valence electrons. The van der Waals surface area contributed by atoms with Crippen molar-refractivity contribution in [1.29, 1.82) is 0 Å². The fourth-order valence-corrected chi connectivity index (χ4v) is 8.19. The van der Waals surface area contributed by atoms with Crippen LogP contribution in [0.2, 0.25) is 0 Å². The number of hydrogen-bond acceptors (Lipinski definition) is 6. The zero-order chi connectivity index (χ0) is 25.9. The molecule has 0 atom stereocenters. The Bertz CT molecular complexity index is 1500. The van der Waals surface area contributed by atoms with E-state index in [-0.39, 0.29) is 26.7 Å². The lowest BCUT2D eigenvalue weighted by Gasteiger charge is -2.36. The number of sulfonamides is 1. The summed E-state index contributed by atoms with van der Waals surface area (Å²) >= 11 is 0. The second-order valence-electron chi connectivity index (χ2n) is 11.0. The van der Waals surface area contributed by atoms with E-state index in [4.69, 9.17) is 4.74 Å². The van der Waals surface area contributed by atoms with Gasteiger partial charge in [-0.05, 0) is 93.2 Å². The third-order valence-electron chi connectivity index (χ3n) is 7.82. The van der Waals surface area contributed by atoms with Crippen LogP contribution in [0.15, 0.2) is 58.7 Å². The van der Waals surface area contributed by atoms with Gasteiger partial charge in [-0.1, -0.05) is 0 Å². The average molecular weight is 532 g/mol. The number of fused-ring (bicyclic) bond motifs is 1. The van der Waals surface area contributed by atoms with Gasteiger partial charge in [-0.2, -0.15) is 0 Å². The molecule has 0 bridgehead atoms. The van der Waals surface area contributed by atoms with Crippen molar-refractivity contribution in [3.8, 4) is 0 Å². The lowest BCUT2D eigenvalue weighted by Crippen LogP contribution is -2.28. The highest BCUT2D eigenvalue weighted by Gasteiger charge is 2.46. The van der Waals surface area contributed by atoms with E-state index in [2.05, 4.69) is 18.8 Å². The molecular weight excluding hydrogens is 498 g/mol. The van der Waals surface area contributed by atoms with Crippen LogP contribution in [-0.4, -0.2) is 56.4 Å². The molecule has 3 aromatic rings. The molecule has 0 N–H and O–H groups in total. The zero-order valence-corrected chi connectivity index (χ0v) is 22.8. The van der Waals surface area contributed by atoms with E-state index in [1.807, 2.05) is 0 Å². The van der Waals surface area contributed by atoms with Crippen molar-refractivity contribution >= 4 is 30.9 Å². The average Bonchev–Trinajstić information content (AvgIpc) is 3.37. The van der Waals surface area contributed by atoms with Crippen LogP contribution in [0.4, 0.5) is 0 Å². The molecule has 2 aromatic heterocycles. The molecule has 0 unspecified atom stereocenters. The van der Waals surface area contributed by atoms with Crippen molar-refractivity contribution in [2.75, 3.05) is 20.7 Å². The van der Waals surface area contributed by atoms with Crippen LogP contribution in [0.5, 0.6) is 0 Å². The minimum absolute atomic E-state index is 0.0356. The highest BCUT2D eigenvalue weighted by molar-refractivity contribution is 7.90. The minimum Gasteiger partial charge on any atom is -0.375 e. The van der Waals surface area contributed by atoms with Crippen molar-refractivity contribution < 1.29 is 21.6 Å². The van der Waals surface area contributed by atoms with Gasteiger partial charge in [-0.25, -0.2) is 25.1 Å². The molecule has 1 aromatic carbocycles. The van der Waals surface area contributed by atoms with Gasteiger partial charge in [0.25, 0.3) is 10.0 Å². The molecule has 2 fully saturated rings. The molecule has 1 saturated heterocycles. The van der Waals surface area contributed by atoms with Crippen molar-refractivity contribution in [2.24, 2.45) is 5.41 Å². The molecular formula is C26H33N3O5S2. The first kappa shape index (κ1) is 25.4. The highest BCUT2D eigenvalue weighted by Crippen LogP contribution is 2.52. The number of pyridine rings is 1. The predicted octanol–water partition coefficient (Wildman–Crippen LogP) is 4.37. The third-order valence-corrected chi connectivity index (χ3v) is 11.3. The Morgan fingerprint density at radius 1 is 1.00 bits per heavy atom. The van der Waals surface area contributed by atoms with Crippen LogP contribution in [0.1, 0.15) is 57.4 Å². The second-order valence-corrected chi connectivity index (χ2v) is 15.0. The van der Waals surface area contributed by atoms with Crippen LogP contribution < -0.4 is 0 Å². The van der Waals surface area contributed by atoms with Gasteiger partial charge in [0.2, 0.25) is 10.0 Å². The molecule has 0 radical (unpaired) electrons. The summed E-state index contributed by atoms with van der Waals surface area (Å²) in [5, 5.41) is 0.844. The maximum absolute atomic E-state index is 13.7. The van der Waals surface area contributed by atoms with Crippen LogP contribution in [0, 0.1) is 5.41 Å². The van der Waals surface area contributed by atoms with E-state index in [1.54, 1.807) is 24.7 Å². The Balaban J connectivity index is 1.48. The topological polar surface area (TPSA) is 98.6 Å². The highest BCUT2D eigenvalue weighted by atomic mass is 32.2. The molecule has 10 heteroatoms. The Morgan fingerprint density at radius 2 is 1.64 bits per heavy atom. The Hall–Kier alpha value is -2.27. The molecule has 3 heterocycles. The summed E-state index contributed by atoms with van der Waals surface area (Å²) < 4.78 is 60.6. The van der Waals surface area contributed by atoms with E-state index in [0.717, 1.165) is 54.0 Å². The van der Waals surface area contributed by atoms with Crippen LogP contribution >= 0.6 is 0 Å².